The van der Waals surface area contributed by atoms with E-state index < -0.39 is 26.5 Å². The summed E-state index contributed by atoms with van der Waals surface area (Å²) in [7, 11) is -3.77. The molecule has 1 rings (SSSR count). The van der Waals surface area contributed by atoms with Crippen molar-refractivity contribution in [2.45, 2.75) is 64.5 Å². The quantitative estimate of drug-likeness (QED) is 0.542. The molecule has 0 unspecified atom stereocenters. The summed E-state index contributed by atoms with van der Waals surface area (Å²) in [4.78, 5) is 0. The average Bonchev–Trinajstić information content (AvgIpc) is 2.18. The van der Waals surface area contributed by atoms with Crippen LogP contribution in [0.4, 0.5) is 0 Å². The minimum Gasteiger partial charge on any atom is -0.0693 e. The van der Waals surface area contributed by atoms with Gasteiger partial charge in [0.2, 0.25) is 0 Å². The second-order valence-corrected chi connectivity index (χ2v) is 7.85. The average molecular weight is 191 g/mol. The summed E-state index contributed by atoms with van der Waals surface area (Å²) in [6.45, 7) is 0.521. The van der Waals surface area contributed by atoms with E-state index in [4.69, 9.17) is 9.60 Å². The Labute approximate surface area is 88.6 Å². The lowest BCUT2D eigenvalue weighted by Gasteiger charge is -2.39. The summed E-state index contributed by atoms with van der Waals surface area (Å²) in [6, 6.07) is 0. The monoisotopic (exact) mass is 191 g/mol. The molecule has 0 nitrogen and oxygen atoms in total. The van der Waals surface area contributed by atoms with E-state index in [1.807, 2.05) is 0 Å². The Balaban J connectivity index is 3.21. The molecule has 1 aliphatic carbocycles. The predicted molar refractivity (Wildman–Crippen MR) is 59.3 cm³/mol. The van der Waals surface area contributed by atoms with Gasteiger partial charge in [-0.25, -0.2) is 0 Å². The SMILES string of the molecule is [2H]C([2H])([2H])[Si](C)(C([2H])([2H])[2H])C1([2H])CCC(C)(C)CC1. The summed E-state index contributed by atoms with van der Waals surface area (Å²) < 4.78 is 54.9. The molecule has 72 valence electrons. The van der Waals surface area contributed by atoms with Crippen LogP contribution in [0.1, 0.15) is 49.1 Å². The highest BCUT2D eigenvalue weighted by atomic mass is 28.3. The molecular weight excluding hydrogens is 160 g/mol. The van der Waals surface area contributed by atoms with Gasteiger partial charge in [-0.1, -0.05) is 46.2 Å². The van der Waals surface area contributed by atoms with Gasteiger partial charge < -0.3 is 0 Å². The predicted octanol–water partition coefficient (Wildman–Crippen LogP) is 4.30. The second kappa shape index (κ2) is 3.17. The van der Waals surface area contributed by atoms with Crippen molar-refractivity contribution in [3.8, 4) is 0 Å². The second-order valence-electron chi connectivity index (χ2n) is 4.89. The van der Waals surface area contributed by atoms with Crippen molar-refractivity contribution in [1.29, 1.82) is 0 Å². The number of hydrogen-bond acceptors (Lipinski definition) is 0. The number of rotatable bonds is 1. The van der Waals surface area contributed by atoms with Gasteiger partial charge in [0.15, 0.2) is 0 Å². The van der Waals surface area contributed by atoms with Crippen LogP contribution in [0.3, 0.4) is 0 Å². The summed E-state index contributed by atoms with van der Waals surface area (Å²) in [6.07, 6.45) is 2.23. The van der Waals surface area contributed by atoms with Crippen LogP contribution in [-0.2, 0) is 0 Å². The summed E-state index contributed by atoms with van der Waals surface area (Å²) in [5.74, 6) is 0. The first-order valence-electron chi connectivity index (χ1n) is 8.16. The van der Waals surface area contributed by atoms with Crippen LogP contribution in [0.2, 0.25) is 25.0 Å². The Bertz CT molecular complexity index is 318. The molecule has 0 atom stereocenters. The molecule has 0 heterocycles. The molecule has 1 aliphatic rings. The Hall–Kier alpha value is 0.217. The molecule has 0 radical (unpaired) electrons. The maximum Gasteiger partial charge on any atom is 0.0473 e. The van der Waals surface area contributed by atoms with Crippen molar-refractivity contribution in [2.24, 2.45) is 5.41 Å². The Morgan fingerprint density at radius 2 is 1.83 bits per heavy atom. The molecule has 0 amide bonds. The van der Waals surface area contributed by atoms with E-state index in [1.54, 1.807) is 0 Å². The molecule has 12 heavy (non-hydrogen) atoms. The summed E-state index contributed by atoms with van der Waals surface area (Å²) in [5, 5.41) is 0. The molecule has 0 aromatic carbocycles. The molecule has 1 heteroatoms. The van der Waals surface area contributed by atoms with Crippen LogP contribution in [0.25, 0.3) is 0 Å². The van der Waals surface area contributed by atoms with E-state index in [0.717, 1.165) is 12.8 Å². The largest absolute Gasteiger partial charge is 0.0693 e. The van der Waals surface area contributed by atoms with Crippen LogP contribution in [0.15, 0.2) is 0 Å². The third-order valence-electron chi connectivity index (χ3n) is 2.91. The van der Waals surface area contributed by atoms with Gasteiger partial charge in [0, 0.05) is 17.7 Å². The normalized spacial score (nSPS) is 39.1. The van der Waals surface area contributed by atoms with E-state index in [0.29, 0.717) is 12.8 Å². The van der Waals surface area contributed by atoms with Gasteiger partial charge in [-0.15, -0.1) is 0 Å². The molecule has 0 aromatic heterocycles. The van der Waals surface area contributed by atoms with Gasteiger partial charge >= 0.3 is 0 Å². The standard InChI is InChI=1S/C11H24Si/c1-11(2)8-6-10(7-9-11)12(3,4)5/h10H,6-9H2,1-5H3/i3D3,4D3,10D. The fourth-order valence-electron chi connectivity index (χ4n) is 1.73. The molecule has 0 N–H and O–H groups in total. The minimum absolute atomic E-state index is 0.0866. The molecule has 0 saturated heterocycles. The van der Waals surface area contributed by atoms with Crippen LogP contribution < -0.4 is 0 Å². The van der Waals surface area contributed by atoms with Gasteiger partial charge in [-0.05, 0) is 23.8 Å². The van der Waals surface area contributed by atoms with E-state index in [1.165, 1.54) is 6.55 Å². The molecule has 1 fully saturated rings. The lowest BCUT2D eigenvalue weighted by atomic mass is 9.77. The molecule has 1 saturated carbocycles. The van der Waals surface area contributed by atoms with Gasteiger partial charge in [0.25, 0.3) is 0 Å². The Morgan fingerprint density at radius 1 is 1.33 bits per heavy atom. The van der Waals surface area contributed by atoms with Crippen LogP contribution >= 0.6 is 0 Å². The fourth-order valence-corrected chi connectivity index (χ4v) is 2.98. The Kier molecular flexibility index (Phi) is 1.10. The van der Waals surface area contributed by atoms with Crippen molar-refractivity contribution in [1.82, 2.24) is 0 Å². The van der Waals surface area contributed by atoms with E-state index >= 15 is 0 Å². The van der Waals surface area contributed by atoms with Crippen molar-refractivity contribution < 1.29 is 9.60 Å². The first-order valence-corrected chi connectivity index (χ1v) is 7.16. The van der Waals surface area contributed by atoms with Crippen LogP contribution in [-0.4, -0.2) is 8.07 Å². The first kappa shape index (κ1) is 4.16. The molecular formula is C11H24Si. The van der Waals surface area contributed by atoms with Crippen molar-refractivity contribution in [3.63, 3.8) is 0 Å². The highest BCUT2D eigenvalue weighted by Crippen LogP contribution is 2.44. The van der Waals surface area contributed by atoms with E-state index in [9.17, 15) is 0 Å². The minimum atomic E-state index is -3.77. The molecule has 0 bridgehead atoms. The van der Waals surface area contributed by atoms with Crippen molar-refractivity contribution >= 4 is 8.07 Å². The summed E-state index contributed by atoms with van der Waals surface area (Å²) >= 11 is 0. The van der Waals surface area contributed by atoms with Crippen molar-refractivity contribution in [2.75, 3.05) is 0 Å². The maximum atomic E-state index is 8.60. The van der Waals surface area contributed by atoms with Crippen molar-refractivity contribution in [3.05, 3.63) is 0 Å². The zero-order valence-electron chi connectivity index (χ0n) is 15.3. The highest BCUT2D eigenvalue weighted by Gasteiger charge is 2.33. The lowest BCUT2D eigenvalue weighted by Crippen LogP contribution is -2.33. The molecule has 0 aliphatic heterocycles. The molecule has 0 spiro atoms. The first-order chi connectivity index (χ1) is 8.16. The third-order valence-corrected chi connectivity index (χ3v) is 4.83. The fraction of sp³-hybridized carbons (Fsp3) is 1.00. The van der Waals surface area contributed by atoms with E-state index in [2.05, 4.69) is 13.8 Å². The zero-order valence-corrected chi connectivity index (χ0v) is 9.33. The molecule has 0 aromatic rings. The van der Waals surface area contributed by atoms with Gasteiger partial charge in [0.05, 0.1) is 0 Å². The van der Waals surface area contributed by atoms with Gasteiger partial charge in [-0.2, -0.15) is 0 Å². The van der Waals surface area contributed by atoms with Gasteiger partial charge in [-0.3, -0.25) is 0 Å². The number of hydrogen-bond donors (Lipinski definition) is 0. The lowest BCUT2D eigenvalue weighted by molar-refractivity contribution is 0.242. The topological polar surface area (TPSA) is 0 Å². The highest BCUT2D eigenvalue weighted by molar-refractivity contribution is 6.77. The summed E-state index contributed by atoms with van der Waals surface area (Å²) in [5.41, 5.74) is -1.19. The van der Waals surface area contributed by atoms with Crippen LogP contribution in [0.5, 0.6) is 0 Å². The van der Waals surface area contributed by atoms with E-state index in [-0.39, 0.29) is 5.41 Å². The maximum absolute atomic E-state index is 8.60. The van der Waals surface area contributed by atoms with Crippen LogP contribution in [0, 0.1) is 5.41 Å². The zero-order chi connectivity index (χ0) is 15.3. The smallest absolute Gasteiger partial charge is 0.0473 e. The Morgan fingerprint density at radius 3 is 2.25 bits per heavy atom. The third kappa shape index (κ3) is 2.62. The van der Waals surface area contributed by atoms with Gasteiger partial charge in [0.1, 0.15) is 0 Å².